The average Bonchev–Trinajstić information content (AvgIpc) is 2.71. The molecular formula is C10H12ClNOS. The number of hydrogen-bond acceptors (Lipinski definition) is 2. The van der Waals surface area contributed by atoms with E-state index in [1.54, 1.807) is 12.1 Å². The molecule has 0 aromatic heterocycles. The lowest BCUT2D eigenvalue weighted by molar-refractivity contribution is 0.672. The number of rotatable bonds is 2. The van der Waals surface area contributed by atoms with Crippen LogP contribution < -0.4 is 5.32 Å². The molecule has 2 atom stereocenters. The summed E-state index contributed by atoms with van der Waals surface area (Å²) in [5, 5.41) is 4.17. The standard InChI is InChI=1S/C10H12ClNOS/c11-8-1-3-9(4-2-8)14(13)10-5-6-12-7-10/h1-4,10,12H,5-7H2/t10-,14?/m0/s1. The van der Waals surface area contributed by atoms with Gasteiger partial charge in [-0.1, -0.05) is 11.6 Å². The van der Waals surface area contributed by atoms with E-state index in [-0.39, 0.29) is 5.25 Å². The first-order valence-electron chi connectivity index (χ1n) is 4.64. The lowest BCUT2D eigenvalue weighted by Crippen LogP contribution is -2.18. The fourth-order valence-corrected chi connectivity index (χ4v) is 3.09. The zero-order valence-electron chi connectivity index (χ0n) is 7.70. The van der Waals surface area contributed by atoms with Crippen LogP contribution in [0.25, 0.3) is 0 Å². The van der Waals surface area contributed by atoms with E-state index in [2.05, 4.69) is 5.32 Å². The molecule has 0 radical (unpaired) electrons. The zero-order valence-corrected chi connectivity index (χ0v) is 9.27. The Balaban J connectivity index is 2.14. The molecule has 0 spiro atoms. The Hall–Kier alpha value is -0.380. The first-order valence-corrected chi connectivity index (χ1v) is 6.23. The van der Waals surface area contributed by atoms with Crippen LogP contribution in [0.5, 0.6) is 0 Å². The summed E-state index contributed by atoms with van der Waals surface area (Å²) in [5.74, 6) is 0. The Morgan fingerprint density at radius 1 is 1.36 bits per heavy atom. The topological polar surface area (TPSA) is 29.1 Å². The predicted molar refractivity (Wildman–Crippen MR) is 59.1 cm³/mol. The van der Waals surface area contributed by atoms with E-state index in [1.165, 1.54) is 0 Å². The van der Waals surface area contributed by atoms with Crippen molar-refractivity contribution in [3.63, 3.8) is 0 Å². The molecule has 76 valence electrons. The quantitative estimate of drug-likeness (QED) is 0.838. The third-order valence-corrected chi connectivity index (χ3v) is 4.36. The highest BCUT2D eigenvalue weighted by Gasteiger charge is 2.21. The lowest BCUT2D eigenvalue weighted by atomic mass is 10.4. The summed E-state index contributed by atoms with van der Waals surface area (Å²) in [6.07, 6.45) is 0.995. The van der Waals surface area contributed by atoms with Gasteiger partial charge in [-0.25, -0.2) is 0 Å². The van der Waals surface area contributed by atoms with Crippen molar-refractivity contribution >= 4 is 22.4 Å². The monoisotopic (exact) mass is 229 g/mol. The van der Waals surface area contributed by atoms with Crippen molar-refractivity contribution < 1.29 is 4.21 Å². The molecule has 0 saturated carbocycles. The molecule has 1 aliphatic rings. The molecule has 1 fully saturated rings. The summed E-state index contributed by atoms with van der Waals surface area (Å²) >= 11 is 5.76. The van der Waals surface area contributed by atoms with Crippen LogP contribution in [0, 0.1) is 0 Å². The Morgan fingerprint density at radius 2 is 2.07 bits per heavy atom. The molecule has 1 saturated heterocycles. The highest BCUT2D eigenvalue weighted by molar-refractivity contribution is 7.85. The molecule has 1 aliphatic heterocycles. The minimum Gasteiger partial charge on any atom is -0.315 e. The van der Waals surface area contributed by atoms with Gasteiger partial charge in [0.2, 0.25) is 0 Å². The van der Waals surface area contributed by atoms with Crippen LogP contribution in [0.4, 0.5) is 0 Å². The summed E-state index contributed by atoms with van der Waals surface area (Å²) in [7, 11) is -0.888. The second-order valence-corrected chi connectivity index (χ2v) is 5.54. The first-order chi connectivity index (χ1) is 6.77. The predicted octanol–water partition coefficient (Wildman–Crippen LogP) is 1.81. The van der Waals surface area contributed by atoms with Crippen molar-refractivity contribution in [3.8, 4) is 0 Å². The Kier molecular flexibility index (Phi) is 3.21. The molecule has 1 aromatic carbocycles. The molecule has 2 nitrogen and oxygen atoms in total. The number of hydrogen-bond donors (Lipinski definition) is 1. The molecule has 0 bridgehead atoms. The fraction of sp³-hybridized carbons (Fsp3) is 0.400. The minimum atomic E-state index is -0.888. The van der Waals surface area contributed by atoms with Gasteiger partial charge in [-0.15, -0.1) is 0 Å². The molecule has 1 unspecified atom stereocenters. The SMILES string of the molecule is O=S(c1ccc(Cl)cc1)[C@H]1CCNC1. The molecule has 14 heavy (non-hydrogen) atoms. The van der Waals surface area contributed by atoms with Gasteiger partial charge in [0.05, 0.1) is 16.0 Å². The number of benzene rings is 1. The van der Waals surface area contributed by atoms with Gasteiger partial charge in [0.15, 0.2) is 0 Å². The average molecular weight is 230 g/mol. The molecule has 1 heterocycles. The maximum absolute atomic E-state index is 12.0. The van der Waals surface area contributed by atoms with Crippen LogP contribution >= 0.6 is 11.6 Å². The Labute approximate surface area is 91.1 Å². The molecular weight excluding hydrogens is 218 g/mol. The van der Waals surface area contributed by atoms with Gasteiger partial charge in [-0.05, 0) is 37.2 Å². The third kappa shape index (κ3) is 2.16. The van der Waals surface area contributed by atoms with Gasteiger partial charge in [0.25, 0.3) is 0 Å². The van der Waals surface area contributed by atoms with Gasteiger partial charge >= 0.3 is 0 Å². The molecule has 0 aliphatic carbocycles. The van der Waals surface area contributed by atoms with Gasteiger partial charge < -0.3 is 5.32 Å². The van der Waals surface area contributed by atoms with Crippen LogP contribution in [0.1, 0.15) is 6.42 Å². The van der Waals surface area contributed by atoms with Crippen LogP contribution in [-0.4, -0.2) is 22.5 Å². The molecule has 0 amide bonds. The highest BCUT2D eigenvalue weighted by atomic mass is 35.5. The fourth-order valence-electron chi connectivity index (χ4n) is 1.57. The minimum absolute atomic E-state index is 0.260. The number of halogens is 1. The summed E-state index contributed by atoms with van der Waals surface area (Å²) in [4.78, 5) is 0.878. The molecule has 2 rings (SSSR count). The third-order valence-electron chi connectivity index (χ3n) is 2.36. The van der Waals surface area contributed by atoms with E-state index in [0.29, 0.717) is 5.02 Å². The van der Waals surface area contributed by atoms with Crippen LogP contribution in [-0.2, 0) is 10.8 Å². The van der Waals surface area contributed by atoms with E-state index in [0.717, 1.165) is 24.4 Å². The molecule has 1 aromatic rings. The summed E-state index contributed by atoms with van der Waals surface area (Å²) in [5.41, 5.74) is 0. The smallest absolute Gasteiger partial charge is 0.0574 e. The van der Waals surface area contributed by atoms with Gasteiger partial charge in [0.1, 0.15) is 0 Å². The summed E-state index contributed by atoms with van der Waals surface area (Å²) in [6.45, 7) is 1.83. The first kappa shape index (κ1) is 10.1. The number of nitrogens with one attached hydrogen (secondary N) is 1. The van der Waals surface area contributed by atoms with Crippen molar-refractivity contribution in [3.05, 3.63) is 29.3 Å². The maximum Gasteiger partial charge on any atom is 0.0574 e. The van der Waals surface area contributed by atoms with Crippen LogP contribution in [0.3, 0.4) is 0 Å². The maximum atomic E-state index is 12.0. The van der Waals surface area contributed by atoms with Gasteiger partial charge in [0, 0.05) is 16.5 Å². The second kappa shape index (κ2) is 4.43. The van der Waals surface area contributed by atoms with Crippen LogP contribution in [0.2, 0.25) is 5.02 Å². The second-order valence-electron chi connectivity index (χ2n) is 3.37. The van der Waals surface area contributed by atoms with E-state index < -0.39 is 10.8 Å². The highest BCUT2D eigenvalue weighted by Crippen LogP contribution is 2.18. The van der Waals surface area contributed by atoms with Crippen molar-refractivity contribution in [1.82, 2.24) is 5.32 Å². The van der Waals surface area contributed by atoms with E-state index in [4.69, 9.17) is 11.6 Å². The van der Waals surface area contributed by atoms with E-state index >= 15 is 0 Å². The Bertz CT molecular complexity index is 332. The van der Waals surface area contributed by atoms with Crippen molar-refractivity contribution in [2.45, 2.75) is 16.6 Å². The van der Waals surface area contributed by atoms with Crippen molar-refractivity contribution in [1.29, 1.82) is 0 Å². The van der Waals surface area contributed by atoms with Crippen molar-refractivity contribution in [2.75, 3.05) is 13.1 Å². The van der Waals surface area contributed by atoms with Gasteiger partial charge in [-0.3, -0.25) is 4.21 Å². The Morgan fingerprint density at radius 3 is 2.64 bits per heavy atom. The lowest BCUT2D eigenvalue weighted by Gasteiger charge is -2.07. The molecule has 1 N–H and O–H groups in total. The van der Waals surface area contributed by atoms with Crippen LogP contribution in [0.15, 0.2) is 29.2 Å². The zero-order chi connectivity index (χ0) is 9.97. The van der Waals surface area contributed by atoms with Crippen molar-refractivity contribution in [2.24, 2.45) is 0 Å². The van der Waals surface area contributed by atoms with E-state index in [1.807, 2.05) is 12.1 Å². The summed E-state index contributed by atoms with van der Waals surface area (Å²) in [6, 6.07) is 7.27. The summed E-state index contributed by atoms with van der Waals surface area (Å²) < 4.78 is 12.0. The molecule has 4 heteroatoms. The normalized spacial score (nSPS) is 23.6. The van der Waals surface area contributed by atoms with Gasteiger partial charge in [-0.2, -0.15) is 0 Å². The van der Waals surface area contributed by atoms with E-state index in [9.17, 15) is 4.21 Å². The largest absolute Gasteiger partial charge is 0.315 e.